The summed E-state index contributed by atoms with van der Waals surface area (Å²) in [5.74, 6) is 0. The summed E-state index contributed by atoms with van der Waals surface area (Å²) in [5.41, 5.74) is 0. The van der Waals surface area contributed by atoms with Crippen LogP contribution in [-0.2, 0) is 0 Å². The van der Waals surface area contributed by atoms with Crippen molar-refractivity contribution in [3.05, 3.63) is 0 Å². The minimum atomic E-state index is 0.804. The lowest BCUT2D eigenvalue weighted by Crippen LogP contribution is -2.44. The van der Waals surface area contributed by atoms with Crippen molar-refractivity contribution >= 4 is 0 Å². The van der Waals surface area contributed by atoms with Crippen molar-refractivity contribution in [1.82, 2.24) is 10.2 Å². The maximum atomic E-state index is 3.26. The number of nitrogens with one attached hydrogen (secondary N) is 1. The summed E-state index contributed by atoms with van der Waals surface area (Å²) < 4.78 is 0. The molecule has 2 nitrogen and oxygen atoms in total. The Labute approximate surface area is 70.0 Å². The van der Waals surface area contributed by atoms with Crippen LogP contribution in [0.4, 0.5) is 0 Å². The number of nitrogens with zero attached hydrogens (tertiary/aromatic N) is 1. The summed E-state index contributed by atoms with van der Waals surface area (Å²) >= 11 is 0. The fourth-order valence-electron chi connectivity index (χ4n) is 1.94. The summed E-state index contributed by atoms with van der Waals surface area (Å²) in [6, 6.07) is 0.804. The molecule has 1 heterocycles. The molecule has 1 rings (SSSR count). The first-order chi connectivity index (χ1) is 5.38. The third-order valence-corrected chi connectivity index (χ3v) is 2.60. The minimum Gasteiger partial charge on any atom is -0.318 e. The van der Waals surface area contributed by atoms with E-state index in [0.29, 0.717) is 0 Å². The molecule has 1 saturated heterocycles. The summed E-state index contributed by atoms with van der Waals surface area (Å²) in [6.07, 6.45) is 4.20. The molecule has 0 unspecified atom stereocenters. The molecular weight excluding hydrogens is 136 g/mol. The van der Waals surface area contributed by atoms with E-state index in [9.17, 15) is 0 Å². The van der Waals surface area contributed by atoms with Crippen LogP contribution in [0.3, 0.4) is 0 Å². The van der Waals surface area contributed by atoms with E-state index < -0.39 is 0 Å². The summed E-state index contributed by atoms with van der Waals surface area (Å²) in [7, 11) is 2.04. The Balaban J connectivity index is 2.31. The highest BCUT2D eigenvalue weighted by Crippen LogP contribution is 2.15. The average molecular weight is 156 g/mol. The number of piperidine rings is 1. The maximum absolute atomic E-state index is 3.26. The van der Waals surface area contributed by atoms with Crippen molar-refractivity contribution in [2.45, 2.75) is 32.2 Å². The zero-order valence-corrected chi connectivity index (χ0v) is 7.77. The van der Waals surface area contributed by atoms with Gasteiger partial charge < -0.3 is 5.32 Å². The van der Waals surface area contributed by atoms with Gasteiger partial charge in [0.15, 0.2) is 0 Å². The van der Waals surface area contributed by atoms with Crippen LogP contribution in [-0.4, -0.2) is 37.6 Å². The van der Waals surface area contributed by atoms with Gasteiger partial charge in [-0.25, -0.2) is 0 Å². The quantitative estimate of drug-likeness (QED) is 0.658. The highest BCUT2D eigenvalue weighted by molar-refractivity contribution is 4.76. The van der Waals surface area contributed by atoms with Crippen LogP contribution in [0.1, 0.15) is 26.2 Å². The van der Waals surface area contributed by atoms with Gasteiger partial charge in [-0.15, -0.1) is 0 Å². The number of rotatable bonds is 3. The largest absolute Gasteiger partial charge is 0.318 e. The topological polar surface area (TPSA) is 15.3 Å². The van der Waals surface area contributed by atoms with E-state index >= 15 is 0 Å². The van der Waals surface area contributed by atoms with Gasteiger partial charge in [0, 0.05) is 12.6 Å². The first-order valence-electron chi connectivity index (χ1n) is 4.77. The van der Waals surface area contributed by atoms with Crippen LogP contribution in [0.2, 0.25) is 0 Å². The minimum absolute atomic E-state index is 0.804. The predicted octanol–water partition coefficient (Wildman–Crippen LogP) is 1.08. The molecule has 1 aliphatic heterocycles. The van der Waals surface area contributed by atoms with Crippen LogP contribution in [0.25, 0.3) is 0 Å². The molecule has 1 atom stereocenters. The van der Waals surface area contributed by atoms with Crippen molar-refractivity contribution < 1.29 is 0 Å². The van der Waals surface area contributed by atoms with E-state index in [2.05, 4.69) is 17.1 Å². The lowest BCUT2D eigenvalue weighted by atomic mass is 10.0. The van der Waals surface area contributed by atoms with E-state index in [1.165, 1.54) is 32.4 Å². The molecule has 0 radical (unpaired) electrons. The standard InChI is InChI=1S/C9H20N2/c1-3-11-7-5-4-6-9(11)8-10-2/h9-10H,3-8H2,1-2H3/t9-/m0/s1. The summed E-state index contributed by atoms with van der Waals surface area (Å²) in [5, 5.41) is 3.26. The molecule has 0 aromatic carbocycles. The number of hydrogen-bond donors (Lipinski definition) is 1. The number of likely N-dealkylation sites (N-methyl/N-ethyl adjacent to an activating group) is 2. The third-order valence-electron chi connectivity index (χ3n) is 2.60. The van der Waals surface area contributed by atoms with E-state index in [4.69, 9.17) is 0 Å². The van der Waals surface area contributed by atoms with Crippen LogP contribution in [0, 0.1) is 0 Å². The van der Waals surface area contributed by atoms with Gasteiger partial charge in [0.1, 0.15) is 0 Å². The molecule has 0 aromatic rings. The predicted molar refractivity (Wildman–Crippen MR) is 48.8 cm³/mol. The summed E-state index contributed by atoms with van der Waals surface area (Å²) in [4.78, 5) is 2.58. The molecule has 0 amide bonds. The Morgan fingerprint density at radius 3 is 2.91 bits per heavy atom. The number of likely N-dealkylation sites (tertiary alicyclic amines) is 1. The van der Waals surface area contributed by atoms with Crippen molar-refractivity contribution in [2.75, 3.05) is 26.7 Å². The molecule has 0 aliphatic carbocycles. The summed E-state index contributed by atoms with van der Waals surface area (Å²) in [6.45, 7) is 5.94. The Kier molecular flexibility index (Phi) is 3.87. The lowest BCUT2D eigenvalue weighted by Gasteiger charge is -2.34. The first-order valence-corrected chi connectivity index (χ1v) is 4.77. The smallest absolute Gasteiger partial charge is 0.0220 e. The average Bonchev–Trinajstić information content (AvgIpc) is 2.06. The molecule has 11 heavy (non-hydrogen) atoms. The molecule has 0 spiro atoms. The molecule has 1 aliphatic rings. The fraction of sp³-hybridized carbons (Fsp3) is 1.00. The van der Waals surface area contributed by atoms with E-state index in [0.717, 1.165) is 12.6 Å². The number of hydrogen-bond acceptors (Lipinski definition) is 2. The van der Waals surface area contributed by atoms with Crippen LogP contribution >= 0.6 is 0 Å². The monoisotopic (exact) mass is 156 g/mol. The third kappa shape index (κ3) is 2.46. The zero-order valence-electron chi connectivity index (χ0n) is 7.77. The van der Waals surface area contributed by atoms with E-state index in [1.807, 2.05) is 7.05 Å². The highest BCUT2D eigenvalue weighted by Gasteiger charge is 2.19. The van der Waals surface area contributed by atoms with Crippen molar-refractivity contribution in [1.29, 1.82) is 0 Å². The molecule has 0 aromatic heterocycles. The van der Waals surface area contributed by atoms with Crippen LogP contribution in [0.15, 0.2) is 0 Å². The van der Waals surface area contributed by atoms with E-state index in [-0.39, 0.29) is 0 Å². The second-order valence-corrected chi connectivity index (χ2v) is 3.34. The molecule has 0 saturated carbocycles. The van der Waals surface area contributed by atoms with Gasteiger partial charge in [-0.3, -0.25) is 4.90 Å². The van der Waals surface area contributed by atoms with Gasteiger partial charge in [0.05, 0.1) is 0 Å². The van der Waals surface area contributed by atoms with Crippen LogP contribution < -0.4 is 5.32 Å². The Hall–Kier alpha value is -0.0800. The van der Waals surface area contributed by atoms with Crippen LogP contribution in [0.5, 0.6) is 0 Å². The second-order valence-electron chi connectivity index (χ2n) is 3.34. The molecular formula is C9H20N2. The van der Waals surface area contributed by atoms with Gasteiger partial charge in [0.2, 0.25) is 0 Å². The van der Waals surface area contributed by atoms with Gasteiger partial charge in [0.25, 0.3) is 0 Å². The second kappa shape index (κ2) is 4.73. The SMILES string of the molecule is CCN1CCCC[C@H]1CNC. The lowest BCUT2D eigenvalue weighted by molar-refractivity contribution is 0.155. The first kappa shape index (κ1) is 9.01. The van der Waals surface area contributed by atoms with Gasteiger partial charge in [-0.1, -0.05) is 13.3 Å². The normalized spacial score (nSPS) is 27.3. The van der Waals surface area contributed by atoms with Crippen molar-refractivity contribution in [3.8, 4) is 0 Å². The Morgan fingerprint density at radius 1 is 1.45 bits per heavy atom. The van der Waals surface area contributed by atoms with Gasteiger partial charge in [-0.05, 0) is 33.0 Å². The molecule has 1 N–H and O–H groups in total. The van der Waals surface area contributed by atoms with Crippen molar-refractivity contribution in [2.24, 2.45) is 0 Å². The van der Waals surface area contributed by atoms with Gasteiger partial charge >= 0.3 is 0 Å². The molecule has 2 heteroatoms. The van der Waals surface area contributed by atoms with Gasteiger partial charge in [-0.2, -0.15) is 0 Å². The molecule has 1 fully saturated rings. The Morgan fingerprint density at radius 2 is 2.27 bits per heavy atom. The fourth-order valence-corrected chi connectivity index (χ4v) is 1.94. The Bertz CT molecular complexity index is 102. The molecule has 66 valence electrons. The zero-order chi connectivity index (χ0) is 8.10. The molecule has 0 bridgehead atoms. The van der Waals surface area contributed by atoms with Crippen molar-refractivity contribution in [3.63, 3.8) is 0 Å². The highest BCUT2D eigenvalue weighted by atomic mass is 15.2. The maximum Gasteiger partial charge on any atom is 0.0220 e. The van der Waals surface area contributed by atoms with E-state index in [1.54, 1.807) is 0 Å².